The molecule has 0 aromatic heterocycles. The maximum atomic E-state index is 12.5. The summed E-state index contributed by atoms with van der Waals surface area (Å²) in [5, 5.41) is 15.4. The highest BCUT2D eigenvalue weighted by atomic mass is 16.5. The van der Waals surface area contributed by atoms with Gasteiger partial charge in [-0.3, -0.25) is 9.59 Å². The van der Waals surface area contributed by atoms with Crippen LogP contribution >= 0.6 is 0 Å². The Balaban J connectivity index is 1.42. The number of hydrogen-bond donors (Lipinski definition) is 3. The van der Waals surface area contributed by atoms with Crippen molar-refractivity contribution in [3.8, 4) is 0 Å². The van der Waals surface area contributed by atoms with Crippen LogP contribution in [-0.4, -0.2) is 35.5 Å². The number of hydrogen-bond acceptors (Lipinski definition) is 5. The molecule has 33 heavy (non-hydrogen) atoms. The molecule has 0 aliphatic carbocycles. The Hall–Kier alpha value is -4.13. The number of amides is 2. The third-order valence-corrected chi connectivity index (χ3v) is 4.96. The Labute approximate surface area is 192 Å². The lowest BCUT2D eigenvalue weighted by Gasteiger charge is -2.09. The van der Waals surface area contributed by atoms with Gasteiger partial charge in [0.2, 0.25) is 0 Å². The quantitative estimate of drug-likeness (QED) is 0.178. The molecule has 2 aromatic rings. The third-order valence-electron chi connectivity index (χ3n) is 4.96. The molecular formula is C26H26N2O5. The van der Waals surface area contributed by atoms with Crippen molar-refractivity contribution in [1.82, 2.24) is 10.6 Å². The highest BCUT2D eigenvalue weighted by Gasteiger charge is 2.37. The molecule has 1 atom stereocenters. The SMILES string of the molecule is O=C(NCCCC1NC(=O)/C(=C(O)/C=C/C=C/c2ccccc2)C1=O)OCc1ccccc1. The smallest absolute Gasteiger partial charge is 0.407 e. The van der Waals surface area contributed by atoms with Gasteiger partial charge in [0.15, 0.2) is 5.78 Å². The molecule has 1 aliphatic heterocycles. The largest absolute Gasteiger partial charge is 0.507 e. The number of benzene rings is 2. The molecule has 7 nitrogen and oxygen atoms in total. The fraction of sp³-hybridized carbons (Fsp3) is 0.192. The lowest BCUT2D eigenvalue weighted by atomic mass is 10.0. The lowest BCUT2D eigenvalue weighted by molar-refractivity contribution is -0.117. The summed E-state index contributed by atoms with van der Waals surface area (Å²) in [6.45, 7) is 0.466. The summed E-state index contributed by atoms with van der Waals surface area (Å²) in [5.74, 6) is -1.43. The van der Waals surface area contributed by atoms with Crippen molar-refractivity contribution in [1.29, 1.82) is 0 Å². The van der Waals surface area contributed by atoms with Crippen molar-refractivity contribution in [2.24, 2.45) is 0 Å². The van der Waals surface area contributed by atoms with E-state index in [0.29, 0.717) is 19.4 Å². The number of alkyl carbamates (subject to hydrolysis) is 1. The van der Waals surface area contributed by atoms with Crippen LogP contribution in [0.15, 0.2) is 90.2 Å². The monoisotopic (exact) mass is 446 g/mol. The first-order chi connectivity index (χ1) is 16.0. The van der Waals surface area contributed by atoms with Gasteiger partial charge in [0, 0.05) is 6.54 Å². The van der Waals surface area contributed by atoms with Crippen LogP contribution in [0.4, 0.5) is 4.79 Å². The summed E-state index contributed by atoms with van der Waals surface area (Å²) >= 11 is 0. The predicted octanol–water partition coefficient (Wildman–Crippen LogP) is 3.84. The van der Waals surface area contributed by atoms with Gasteiger partial charge in [0.25, 0.3) is 5.91 Å². The average Bonchev–Trinajstić information content (AvgIpc) is 3.12. The molecule has 3 rings (SSSR count). The van der Waals surface area contributed by atoms with Gasteiger partial charge in [0.1, 0.15) is 17.9 Å². The Morgan fingerprint density at radius 1 is 1.03 bits per heavy atom. The summed E-state index contributed by atoms with van der Waals surface area (Å²) < 4.78 is 5.12. The number of aliphatic hydroxyl groups is 1. The van der Waals surface area contributed by atoms with Crippen LogP contribution in [-0.2, 0) is 20.9 Å². The fourth-order valence-electron chi connectivity index (χ4n) is 3.26. The number of ketones is 1. The topological polar surface area (TPSA) is 105 Å². The minimum Gasteiger partial charge on any atom is -0.507 e. The van der Waals surface area contributed by atoms with Crippen LogP contribution in [0.2, 0.25) is 0 Å². The molecule has 1 saturated heterocycles. The Kier molecular flexibility index (Phi) is 8.59. The van der Waals surface area contributed by atoms with Crippen molar-refractivity contribution < 1.29 is 24.2 Å². The Morgan fingerprint density at radius 3 is 2.45 bits per heavy atom. The zero-order valence-corrected chi connectivity index (χ0v) is 18.1. The minimum atomic E-state index is -0.731. The van der Waals surface area contributed by atoms with Crippen LogP contribution in [0, 0.1) is 0 Å². The molecular weight excluding hydrogens is 420 g/mol. The standard InChI is InChI=1S/C26H26N2O5/c29-22(16-8-7-12-19-10-3-1-4-11-19)23-24(30)21(28-25(23)31)15-9-17-27-26(32)33-18-20-13-5-2-6-14-20/h1-8,10-14,16,21,29H,9,15,17-18H2,(H,27,32)(H,28,31)/b12-7+,16-8+,23-22-. The predicted molar refractivity (Wildman–Crippen MR) is 125 cm³/mol. The molecule has 7 heteroatoms. The van der Waals surface area contributed by atoms with Gasteiger partial charge in [-0.05, 0) is 30.0 Å². The number of nitrogens with one attached hydrogen (secondary N) is 2. The lowest BCUT2D eigenvalue weighted by Crippen LogP contribution is -2.31. The molecule has 3 N–H and O–H groups in total. The molecule has 0 bridgehead atoms. The van der Waals surface area contributed by atoms with Crippen molar-refractivity contribution in [2.75, 3.05) is 6.54 Å². The summed E-state index contributed by atoms with van der Waals surface area (Å²) in [7, 11) is 0. The Morgan fingerprint density at radius 2 is 1.73 bits per heavy atom. The minimum absolute atomic E-state index is 0.172. The third kappa shape index (κ3) is 7.21. The molecule has 1 heterocycles. The second-order valence-corrected chi connectivity index (χ2v) is 7.41. The first-order valence-electron chi connectivity index (χ1n) is 10.7. The normalized spacial score (nSPS) is 17.4. The maximum Gasteiger partial charge on any atom is 0.407 e. The first kappa shape index (κ1) is 23.5. The van der Waals surface area contributed by atoms with Gasteiger partial charge in [-0.1, -0.05) is 78.9 Å². The highest BCUT2D eigenvalue weighted by molar-refractivity contribution is 6.27. The zero-order chi connectivity index (χ0) is 23.5. The van der Waals surface area contributed by atoms with Crippen molar-refractivity contribution >= 4 is 23.9 Å². The number of rotatable bonds is 9. The van der Waals surface area contributed by atoms with E-state index in [0.717, 1.165) is 11.1 Å². The number of ether oxygens (including phenoxy) is 1. The van der Waals surface area contributed by atoms with Crippen LogP contribution in [0.3, 0.4) is 0 Å². The summed E-state index contributed by atoms with van der Waals surface area (Å²) in [5.41, 5.74) is 1.62. The number of Topliss-reactive ketones (excluding diaryl/α,β-unsaturated/α-hetero) is 1. The molecule has 1 aliphatic rings. The second kappa shape index (κ2) is 12.0. The summed E-state index contributed by atoms with van der Waals surface area (Å²) in [6, 6.07) is 18.2. The maximum absolute atomic E-state index is 12.5. The van der Waals surface area contributed by atoms with Crippen molar-refractivity contribution in [3.63, 3.8) is 0 Å². The van der Waals surface area contributed by atoms with E-state index in [1.807, 2.05) is 66.7 Å². The molecule has 0 radical (unpaired) electrons. The van der Waals surface area contributed by atoms with E-state index in [-0.39, 0.29) is 17.9 Å². The number of allylic oxidation sites excluding steroid dienone is 3. The first-order valence-corrected chi connectivity index (χ1v) is 10.7. The van der Waals surface area contributed by atoms with E-state index in [9.17, 15) is 19.5 Å². The molecule has 2 aromatic carbocycles. The van der Waals surface area contributed by atoms with Gasteiger partial charge in [-0.25, -0.2) is 4.79 Å². The molecule has 1 fully saturated rings. The van der Waals surface area contributed by atoms with Crippen LogP contribution in [0.5, 0.6) is 0 Å². The number of carbonyl (C=O) groups is 3. The average molecular weight is 447 g/mol. The summed E-state index contributed by atoms with van der Waals surface area (Å²) in [6.07, 6.45) is 6.67. The van der Waals surface area contributed by atoms with E-state index < -0.39 is 23.8 Å². The fourth-order valence-corrected chi connectivity index (χ4v) is 3.26. The molecule has 170 valence electrons. The van der Waals surface area contributed by atoms with E-state index >= 15 is 0 Å². The summed E-state index contributed by atoms with van der Waals surface area (Å²) in [4.78, 5) is 36.5. The van der Waals surface area contributed by atoms with Gasteiger partial charge >= 0.3 is 6.09 Å². The van der Waals surface area contributed by atoms with Crippen LogP contribution < -0.4 is 10.6 Å². The van der Waals surface area contributed by atoms with Gasteiger partial charge in [-0.2, -0.15) is 0 Å². The van der Waals surface area contributed by atoms with Crippen molar-refractivity contribution in [2.45, 2.75) is 25.5 Å². The molecule has 2 amide bonds. The second-order valence-electron chi connectivity index (χ2n) is 7.41. The zero-order valence-electron chi connectivity index (χ0n) is 18.1. The van der Waals surface area contributed by atoms with E-state index in [2.05, 4.69) is 10.6 Å². The van der Waals surface area contributed by atoms with Crippen molar-refractivity contribution in [3.05, 3.63) is 101 Å². The van der Waals surface area contributed by atoms with E-state index in [4.69, 9.17) is 4.74 Å². The van der Waals surface area contributed by atoms with E-state index in [1.165, 1.54) is 6.08 Å². The molecule has 0 spiro atoms. The van der Waals surface area contributed by atoms with Crippen LogP contribution in [0.1, 0.15) is 24.0 Å². The van der Waals surface area contributed by atoms with Gasteiger partial charge < -0.3 is 20.5 Å². The molecule has 1 unspecified atom stereocenters. The number of aliphatic hydroxyl groups excluding tert-OH is 1. The van der Waals surface area contributed by atoms with Gasteiger partial charge in [0.05, 0.1) is 6.04 Å². The number of carbonyl (C=O) groups excluding carboxylic acids is 3. The van der Waals surface area contributed by atoms with Gasteiger partial charge in [-0.15, -0.1) is 0 Å². The molecule has 0 saturated carbocycles. The Bertz CT molecular complexity index is 1060. The van der Waals surface area contributed by atoms with E-state index in [1.54, 1.807) is 12.2 Å². The highest BCUT2D eigenvalue weighted by Crippen LogP contribution is 2.18. The van der Waals surface area contributed by atoms with Crippen LogP contribution in [0.25, 0.3) is 6.08 Å².